The molecule has 0 aliphatic carbocycles. The van der Waals surface area contributed by atoms with Gasteiger partial charge in [0, 0.05) is 7.05 Å². The third-order valence-corrected chi connectivity index (χ3v) is 0.603. The molecule has 0 aromatic heterocycles. The van der Waals surface area contributed by atoms with Crippen LogP contribution in [0.15, 0.2) is 4.99 Å². The molecular weight excluding hydrogens is 92.1 g/mol. The quantitative estimate of drug-likeness (QED) is 0.276. The van der Waals surface area contributed by atoms with Gasteiger partial charge in [0.2, 0.25) is 6.41 Å². The average Bonchev–Trinajstić information content (AvgIpc) is 1.68. The zero-order chi connectivity index (χ0) is 5.70. The van der Waals surface area contributed by atoms with Crippen LogP contribution in [0.1, 0.15) is 6.92 Å². The summed E-state index contributed by atoms with van der Waals surface area (Å²) in [6.45, 7) is 1.72. The minimum absolute atomic E-state index is 0.600. The summed E-state index contributed by atoms with van der Waals surface area (Å²) in [4.78, 5) is 13.2. The molecule has 0 radical (unpaired) electrons. The fraction of sp³-hybridized carbons (Fsp3) is 0.500. The molecule has 0 bridgehead atoms. The van der Waals surface area contributed by atoms with E-state index in [0.717, 1.165) is 0 Å². The van der Waals surface area contributed by atoms with Gasteiger partial charge >= 0.3 is 0 Å². The van der Waals surface area contributed by atoms with Crippen molar-refractivity contribution in [1.29, 1.82) is 0 Å². The van der Waals surface area contributed by atoms with Gasteiger partial charge in [0.05, 0.1) is 5.84 Å². The zero-order valence-electron chi connectivity index (χ0n) is 4.43. The number of hydrogen-bond donors (Lipinski definition) is 1. The van der Waals surface area contributed by atoms with Crippen molar-refractivity contribution >= 4 is 12.2 Å². The fourth-order valence-electron chi connectivity index (χ4n) is 0.150. The molecule has 3 nitrogen and oxygen atoms in total. The molecule has 3 heteroatoms. The van der Waals surface area contributed by atoms with Gasteiger partial charge in [-0.15, -0.1) is 0 Å². The van der Waals surface area contributed by atoms with Crippen LogP contribution in [-0.2, 0) is 4.79 Å². The Balaban J connectivity index is 3.36. The maximum Gasteiger partial charge on any atom is 0.212 e. The molecular formula is C4H8N2O. The Labute approximate surface area is 42.4 Å². The van der Waals surface area contributed by atoms with E-state index >= 15 is 0 Å². The van der Waals surface area contributed by atoms with Crippen molar-refractivity contribution in [3.05, 3.63) is 0 Å². The second kappa shape index (κ2) is 3.33. The molecule has 0 saturated heterocycles. The predicted octanol–water partition coefficient (Wildman–Crippen LogP) is -0.219. The van der Waals surface area contributed by atoms with E-state index in [-0.39, 0.29) is 0 Å². The van der Waals surface area contributed by atoms with Gasteiger partial charge in [-0.3, -0.25) is 9.79 Å². The van der Waals surface area contributed by atoms with Crippen molar-refractivity contribution in [3.8, 4) is 0 Å². The summed E-state index contributed by atoms with van der Waals surface area (Å²) in [5.41, 5.74) is 0. The van der Waals surface area contributed by atoms with Crippen LogP contribution >= 0.6 is 0 Å². The van der Waals surface area contributed by atoms with Gasteiger partial charge < -0.3 is 5.32 Å². The molecule has 0 heterocycles. The number of carbonyl (C=O) groups excluding carboxylic acids is 1. The lowest BCUT2D eigenvalue weighted by molar-refractivity contribution is -0.108. The summed E-state index contributed by atoms with van der Waals surface area (Å²) in [6, 6.07) is 0. The van der Waals surface area contributed by atoms with E-state index in [0.29, 0.717) is 12.2 Å². The minimum atomic E-state index is 0.600. The Bertz CT molecular complexity index is 87.7. The fourth-order valence-corrected chi connectivity index (χ4v) is 0.150. The van der Waals surface area contributed by atoms with E-state index in [1.807, 2.05) is 0 Å². The summed E-state index contributed by atoms with van der Waals surface area (Å²) in [6.07, 6.45) is 0.600. The van der Waals surface area contributed by atoms with Gasteiger partial charge in [-0.2, -0.15) is 0 Å². The second-order valence-corrected chi connectivity index (χ2v) is 1.07. The maximum absolute atomic E-state index is 9.58. The molecule has 0 fully saturated rings. The first-order valence-corrected chi connectivity index (χ1v) is 1.95. The highest BCUT2D eigenvalue weighted by Gasteiger charge is 1.77. The molecule has 0 aliphatic heterocycles. The predicted molar refractivity (Wildman–Crippen MR) is 28.2 cm³/mol. The molecule has 0 saturated carbocycles. The van der Waals surface area contributed by atoms with Gasteiger partial charge in [0.25, 0.3) is 0 Å². The SMILES string of the molecule is CN=C(C)NC=O. The van der Waals surface area contributed by atoms with E-state index in [9.17, 15) is 4.79 Å². The highest BCUT2D eigenvalue weighted by atomic mass is 16.1. The summed E-state index contributed by atoms with van der Waals surface area (Å²) in [5.74, 6) is 0.634. The highest BCUT2D eigenvalue weighted by molar-refractivity contribution is 5.88. The molecule has 1 N–H and O–H groups in total. The molecule has 0 aliphatic rings. The Morgan fingerprint density at radius 3 is 2.57 bits per heavy atom. The largest absolute Gasteiger partial charge is 0.317 e. The van der Waals surface area contributed by atoms with Gasteiger partial charge in [0.15, 0.2) is 0 Å². The van der Waals surface area contributed by atoms with Crippen LogP contribution in [0.5, 0.6) is 0 Å². The van der Waals surface area contributed by atoms with Crippen LogP contribution in [0, 0.1) is 0 Å². The van der Waals surface area contributed by atoms with E-state index in [1.165, 1.54) is 0 Å². The third kappa shape index (κ3) is 2.96. The number of amidine groups is 1. The first-order chi connectivity index (χ1) is 3.31. The first kappa shape index (κ1) is 6.14. The van der Waals surface area contributed by atoms with Crippen LogP contribution in [0.3, 0.4) is 0 Å². The van der Waals surface area contributed by atoms with Crippen LogP contribution < -0.4 is 5.32 Å². The van der Waals surface area contributed by atoms with Crippen molar-refractivity contribution in [3.63, 3.8) is 0 Å². The summed E-state index contributed by atoms with van der Waals surface area (Å²) in [7, 11) is 1.62. The van der Waals surface area contributed by atoms with E-state index in [1.54, 1.807) is 14.0 Å². The number of carbonyl (C=O) groups is 1. The molecule has 40 valence electrons. The van der Waals surface area contributed by atoms with Crippen molar-refractivity contribution < 1.29 is 4.79 Å². The highest BCUT2D eigenvalue weighted by Crippen LogP contribution is 1.60. The summed E-state index contributed by atoms with van der Waals surface area (Å²) >= 11 is 0. The zero-order valence-corrected chi connectivity index (χ0v) is 4.43. The number of aliphatic imine (C=N–C) groups is 1. The molecule has 0 spiro atoms. The third-order valence-electron chi connectivity index (χ3n) is 0.603. The number of nitrogens with one attached hydrogen (secondary N) is 1. The van der Waals surface area contributed by atoms with Crippen LogP contribution in [-0.4, -0.2) is 19.3 Å². The molecule has 0 rings (SSSR count). The Morgan fingerprint density at radius 1 is 1.86 bits per heavy atom. The lowest BCUT2D eigenvalue weighted by Crippen LogP contribution is -2.16. The number of amides is 1. The molecule has 0 atom stereocenters. The van der Waals surface area contributed by atoms with E-state index in [2.05, 4.69) is 10.3 Å². The smallest absolute Gasteiger partial charge is 0.212 e. The van der Waals surface area contributed by atoms with E-state index in [4.69, 9.17) is 0 Å². The van der Waals surface area contributed by atoms with Crippen molar-refractivity contribution in [1.82, 2.24) is 5.32 Å². The Morgan fingerprint density at radius 2 is 2.43 bits per heavy atom. The molecule has 7 heavy (non-hydrogen) atoms. The average molecular weight is 100 g/mol. The summed E-state index contributed by atoms with van der Waals surface area (Å²) in [5, 5.41) is 2.36. The van der Waals surface area contributed by atoms with Crippen LogP contribution in [0.25, 0.3) is 0 Å². The maximum atomic E-state index is 9.58. The van der Waals surface area contributed by atoms with Crippen LogP contribution in [0.2, 0.25) is 0 Å². The molecule has 1 amide bonds. The van der Waals surface area contributed by atoms with Crippen molar-refractivity contribution in [2.75, 3.05) is 7.05 Å². The lowest BCUT2D eigenvalue weighted by atomic mass is 10.7. The number of hydrogen-bond acceptors (Lipinski definition) is 2. The van der Waals surface area contributed by atoms with E-state index < -0.39 is 0 Å². The second-order valence-electron chi connectivity index (χ2n) is 1.07. The number of nitrogens with zero attached hydrogens (tertiary/aromatic N) is 1. The molecule has 0 aromatic rings. The first-order valence-electron chi connectivity index (χ1n) is 1.95. The van der Waals surface area contributed by atoms with Gasteiger partial charge in [-0.25, -0.2) is 0 Å². The van der Waals surface area contributed by atoms with Crippen molar-refractivity contribution in [2.24, 2.45) is 4.99 Å². The monoisotopic (exact) mass is 100 g/mol. The lowest BCUT2D eigenvalue weighted by Gasteiger charge is -1.88. The Kier molecular flexibility index (Phi) is 2.92. The normalized spacial score (nSPS) is 10.9. The standard InChI is InChI=1S/C4H8N2O/c1-4(5-2)6-3-7/h3H,1-2H3,(H,5,6,7). The van der Waals surface area contributed by atoms with Crippen molar-refractivity contribution in [2.45, 2.75) is 6.92 Å². The molecule has 0 aromatic carbocycles. The van der Waals surface area contributed by atoms with Gasteiger partial charge in [-0.05, 0) is 6.92 Å². The minimum Gasteiger partial charge on any atom is -0.317 e. The topological polar surface area (TPSA) is 41.5 Å². The Hall–Kier alpha value is -0.860. The molecule has 0 unspecified atom stereocenters. The number of rotatable bonds is 1. The van der Waals surface area contributed by atoms with Gasteiger partial charge in [-0.1, -0.05) is 0 Å². The van der Waals surface area contributed by atoms with Gasteiger partial charge in [0.1, 0.15) is 0 Å². The summed E-state index contributed by atoms with van der Waals surface area (Å²) < 4.78 is 0. The van der Waals surface area contributed by atoms with Crippen LogP contribution in [0.4, 0.5) is 0 Å².